The number of aromatic hydroxyl groups is 2. The molecule has 0 aliphatic carbocycles. The van der Waals surface area contributed by atoms with Crippen molar-refractivity contribution in [1.29, 1.82) is 0 Å². The monoisotopic (exact) mass is 744 g/mol. The highest BCUT2D eigenvalue weighted by atomic mass is 32.2. The second-order valence-corrected chi connectivity index (χ2v) is 16.3. The van der Waals surface area contributed by atoms with Crippen LogP contribution in [-0.2, 0) is 34.5 Å². The van der Waals surface area contributed by atoms with E-state index in [1.165, 1.54) is 52.0 Å². The molecule has 0 spiro atoms. The summed E-state index contributed by atoms with van der Waals surface area (Å²) in [5.41, 5.74) is 6.93. The van der Waals surface area contributed by atoms with E-state index in [1.807, 2.05) is 78.3 Å². The molecule has 4 aromatic rings. The molecule has 0 aromatic heterocycles. The third-order valence-corrected chi connectivity index (χ3v) is 13.1. The maximum absolute atomic E-state index is 10.9. The Morgan fingerprint density at radius 2 is 0.702 bits per heavy atom. The molecule has 10 bridgehead atoms. The van der Waals surface area contributed by atoms with Crippen LogP contribution in [0.15, 0.2) is 69.3 Å². The Labute approximate surface area is 301 Å². The van der Waals surface area contributed by atoms with Crippen LogP contribution in [0.25, 0.3) is 0 Å². The highest BCUT2D eigenvalue weighted by molar-refractivity contribution is 7.99. The van der Waals surface area contributed by atoms with Crippen molar-refractivity contribution in [3.63, 3.8) is 0 Å². The standard InChI is InChI=1S/C35H36O6S6/c1-42-33-27(36)7-24-9-29(33)38-19-40-31-11-26-12-32(35(31)44-3)41-20-39-30-10-25(8-28(37)34(30)43-2)17-46-14-22-4-21(13-45-16-24)5-23(6-22)15-47-18-26/h4-12,36-37H,13-20H2,1-3H3. The van der Waals surface area contributed by atoms with E-state index in [0.717, 1.165) is 56.1 Å². The zero-order valence-electron chi connectivity index (χ0n) is 26.3. The third kappa shape index (κ3) is 8.69. The lowest BCUT2D eigenvalue weighted by molar-refractivity contribution is 0.104. The van der Waals surface area contributed by atoms with Crippen molar-refractivity contribution in [2.24, 2.45) is 0 Å². The molecule has 0 radical (unpaired) electrons. The van der Waals surface area contributed by atoms with Crippen molar-refractivity contribution in [3.8, 4) is 34.5 Å². The summed E-state index contributed by atoms with van der Waals surface area (Å²) in [6, 6.07) is 18.7. The number of phenolic OH excluding ortho intramolecular Hbond substituents is 2. The first-order valence-electron chi connectivity index (χ1n) is 14.8. The Balaban J connectivity index is 1.43. The van der Waals surface area contributed by atoms with Gasteiger partial charge in [0.2, 0.25) is 13.6 Å². The first-order valence-corrected chi connectivity index (χ1v) is 21.9. The number of ether oxygens (including phenoxy) is 4. The average Bonchev–Trinajstić information content (AvgIpc) is 3.04. The Morgan fingerprint density at radius 3 is 1.02 bits per heavy atom. The van der Waals surface area contributed by atoms with E-state index < -0.39 is 0 Å². The molecule has 0 unspecified atom stereocenters. The van der Waals surface area contributed by atoms with Gasteiger partial charge in [0.1, 0.15) is 34.5 Å². The molecule has 2 heterocycles. The first kappa shape index (κ1) is 34.6. The van der Waals surface area contributed by atoms with Crippen molar-refractivity contribution in [2.45, 2.75) is 49.2 Å². The smallest absolute Gasteiger partial charge is 0.231 e. The van der Waals surface area contributed by atoms with Gasteiger partial charge in [0.15, 0.2) is 0 Å². The van der Waals surface area contributed by atoms with Gasteiger partial charge in [0.25, 0.3) is 0 Å². The van der Waals surface area contributed by atoms with E-state index in [0.29, 0.717) is 32.8 Å². The van der Waals surface area contributed by atoms with Crippen LogP contribution in [0.4, 0.5) is 0 Å². The molecule has 12 heteroatoms. The van der Waals surface area contributed by atoms with E-state index >= 15 is 0 Å². The van der Waals surface area contributed by atoms with Crippen molar-refractivity contribution in [1.82, 2.24) is 0 Å². The van der Waals surface area contributed by atoms with Crippen LogP contribution in [-0.4, -0.2) is 42.6 Å². The van der Waals surface area contributed by atoms with Crippen LogP contribution in [0.1, 0.15) is 33.4 Å². The highest BCUT2D eigenvalue weighted by Crippen LogP contribution is 2.42. The van der Waals surface area contributed by atoms with Gasteiger partial charge in [0.05, 0.1) is 14.7 Å². The zero-order valence-corrected chi connectivity index (χ0v) is 31.2. The molecule has 47 heavy (non-hydrogen) atoms. The minimum absolute atomic E-state index is 0.0296. The number of hydrogen-bond donors (Lipinski definition) is 2. The van der Waals surface area contributed by atoms with Crippen LogP contribution in [0.5, 0.6) is 34.5 Å². The van der Waals surface area contributed by atoms with Gasteiger partial charge in [-0.1, -0.05) is 18.2 Å². The minimum atomic E-state index is -0.0296. The number of benzene rings is 4. The molecule has 2 N–H and O–H groups in total. The summed E-state index contributed by atoms with van der Waals surface area (Å²) >= 11 is 9.93. The summed E-state index contributed by atoms with van der Waals surface area (Å²) < 4.78 is 24.9. The quantitative estimate of drug-likeness (QED) is 0.196. The average molecular weight is 745 g/mol. The molecule has 248 valence electrons. The van der Waals surface area contributed by atoms with Crippen molar-refractivity contribution >= 4 is 70.6 Å². The number of phenols is 2. The molecule has 0 saturated heterocycles. The second kappa shape index (κ2) is 16.5. The van der Waals surface area contributed by atoms with Gasteiger partial charge in [-0.2, -0.15) is 35.3 Å². The van der Waals surface area contributed by atoms with E-state index in [2.05, 4.69) is 30.3 Å². The Morgan fingerprint density at radius 1 is 0.426 bits per heavy atom. The number of rotatable bonds is 3. The van der Waals surface area contributed by atoms with E-state index in [-0.39, 0.29) is 25.1 Å². The van der Waals surface area contributed by atoms with Crippen molar-refractivity contribution in [3.05, 3.63) is 88.0 Å². The van der Waals surface area contributed by atoms with Gasteiger partial charge < -0.3 is 29.2 Å². The fourth-order valence-corrected chi connectivity index (χ4v) is 10.0. The second-order valence-electron chi connectivity index (χ2n) is 10.9. The van der Waals surface area contributed by atoms with E-state index in [9.17, 15) is 10.2 Å². The lowest BCUT2D eigenvalue weighted by Gasteiger charge is -2.19. The Hall–Kier alpha value is -2.22. The zero-order chi connectivity index (χ0) is 32.8. The van der Waals surface area contributed by atoms with Gasteiger partial charge in [-0.25, -0.2) is 0 Å². The lowest BCUT2D eigenvalue weighted by Crippen LogP contribution is -2.10. The summed E-state index contributed by atoms with van der Waals surface area (Å²) in [5.74, 6) is 7.77. The molecule has 2 aliphatic heterocycles. The fraction of sp³-hybridized carbons (Fsp3) is 0.314. The minimum Gasteiger partial charge on any atom is -0.507 e. The maximum Gasteiger partial charge on any atom is 0.231 e. The van der Waals surface area contributed by atoms with Crippen molar-refractivity contribution < 1.29 is 29.2 Å². The van der Waals surface area contributed by atoms with Gasteiger partial charge in [-0.3, -0.25) is 0 Å². The van der Waals surface area contributed by atoms with Crippen LogP contribution in [0.2, 0.25) is 0 Å². The number of thioether (sulfide) groups is 6. The first-order chi connectivity index (χ1) is 22.9. The molecular weight excluding hydrogens is 709 g/mol. The summed E-state index contributed by atoms with van der Waals surface area (Å²) in [6.45, 7) is -0.0591. The SMILES string of the molecule is CSc1c(O)cc2cc1OCOc1cc3cc(c1SC)OCOc1cc(cc(O)c1SC)CSCc1cc(cc(c1)CSC3)CSC2. The predicted molar refractivity (Wildman–Crippen MR) is 202 cm³/mol. The molecule has 0 amide bonds. The summed E-state index contributed by atoms with van der Waals surface area (Å²) in [6.07, 6.45) is 5.84. The van der Waals surface area contributed by atoms with Crippen LogP contribution in [0.3, 0.4) is 0 Å². The lowest BCUT2D eigenvalue weighted by atomic mass is 10.1. The van der Waals surface area contributed by atoms with Gasteiger partial charge in [0, 0.05) is 34.5 Å². The normalized spacial score (nSPS) is 15.3. The van der Waals surface area contributed by atoms with E-state index in [4.69, 9.17) is 18.9 Å². The number of hydrogen-bond acceptors (Lipinski definition) is 12. The summed E-state index contributed by atoms with van der Waals surface area (Å²) in [5, 5.41) is 21.7. The van der Waals surface area contributed by atoms with Gasteiger partial charge in [-0.15, -0.1) is 35.3 Å². The predicted octanol–water partition coefficient (Wildman–Crippen LogP) is 10.0. The molecule has 6 nitrogen and oxygen atoms in total. The van der Waals surface area contributed by atoms with Crippen LogP contribution >= 0.6 is 70.6 Å². The van der Waals surface area contributed by atoms with Crippen molar-refractivity contribution in [2.75, 3.05) is 32.4 Å². The molecule has 2 aliphatic rings. The molecule has 6 rings (SSSR count). The molecular formula is C35H36O6S6. The van der Waals surface area contributed by atoms with Crippen LogP contribution < -0.4 is 18.9 Å². The summed E-state index contributed by atoms with van der Waals surface area (Å²) in [7, 11) is 0. The Kier molecular flexibility index (Phi) is 12.1. The number of fused-ring (bicyclic) bond motifs is 10. The van der Waals surface area contributed by atoms with Gasteiger partial charge in [-0.05, 0) is 88.5 Å². The fourth-order valence-electron chi connectivity index (χ4n) is 5.47. The summed E-state index contributed by atoms with van der Waals surface area (Å²) in [4.78, 5) is 2.21. The largest absolute Gasteiger partial charge is 0.507 e. The molecule has 0 saturated carbocycles. The van der Waals surface area contributed by atoms with Gasteiger partial charge >= 0.3 is 0 Å². The molecule has 4 aromatic carbocycles. The Bertz CT molecular complexity index is 1610. The molecule has 0 fully saturated rings. The highest BCUT2D eigenvalue weighted by Gasteiger charge is 2.18. The maximum atomic E-state index is 10.9. The third-order valence-electron chi connectivity index (χ3n) is 7.47. The topological polar surface area (TPSA) is 77.4 Å². The van der Waals surface area contributed by atoms with E-state index in [1.54, 1.807) is 0 Å². The van der Waals surface area contributed by atoms with Crippen LogP contribution in [0, 0.1) is 0 Å². The molecule has 0 atom stereocenters.